The summed E-state index contributed by atoms with van der Waals surface area (Å²) in [6.45, 7) is 0. The highest BCUT2D eigenvalue weighted by atomic mass is 79.9. The maximum Gasteiger partial charge on any atom is 0.336 e. The fourth-order valence-corrected chi connectivity index (χ4v) is 3.68. The zero-order valence-electron chi connectivity index (χ0n) is 21.4. The molecule has 0 saturated carbocycles. The largest absolute Gasteiger partial charge is 0.423 e. The number of anilines is 2. The zero-order valence-corrected chi connectivity index (χ0v) is 23.0. The van der Waals surface area contributed by atoms with Gasteiger partial charge in [0.15, 0.2) is 0 Å². The van der Waals surface area contributed by atoms with Gasteiger partial charge in [0.05, 0.1) is 17.5 Å². The molecule has 0 atom stereocenters. The second kappa shape index (κ2) is 14.2. The van der Waals surface area contributed by atoms with E-state index in [2.05, 4.69) is 37.1 Å². The molecule has 0 fully saturated rings. The number of benzene rings is 4. The summed E-state index contributed by atoms with van der Waals surface area (Å²) in [5.41, 5.74) is 4.51. The van der Waals surface area contributed by atoms with Crippen molar-refractivity contribution < 1.29 is 23.9 Å². The number of ether oxygens (including phenoxy) is 1. The van der Waals surface area contributed by atoms with Gasteiger partial charge in [0.2, 0.25) is 0 Å². The van der Waals surface area contributed by atoms with E-state index in [1.54, 1.807) is 66.7 Å². The van der Waals surface area contributed by atoms with Crippen LogP contribution in [0.25, 0.3) is 6.08 Å². The van der Waals surface area contributed by atoms with Crippen molar-refractivity contribution in [2.75, 3.05) is 10.6 Å². The fraction of sp³-hybridized carbons (Fsp3) is 0. The molecule has 4 aromatic carbocycles. The minimum absolute atomic E-state index is 0.162. The number of para-hydroxylation sites is 1. The standard InChI is InChI=1S/C31H23BrN4O5/c32-23-13-15-24(16-14-23)34-29(38)26-8-4-5-9-27(26)35-30(39)31(40)36-33-20-22-10-17-25(18-11-22)41-28(37)19-12-21-6-2-1-3-7-21/h1-20H,(H,34,38)(H,35,39)(H,36,40)/b19-12+,33-20+. The van der Waals surface area contributed by atoms with Crippen LogP contribution in [0.2, 0.25) is 0 Å². The Bertz CT molecular complexity index is 1600. The van der Waals surface area contributed by atoms with Gasteiger partial charge in [-0.05, 0) is 77.9 Å². The van der Waals surface area contributed by atoms with Gasteiger partial charge in [0.25, 0.3) is 5.91 Å². The van der Waals surface area contributed by atoms with Crippen LogP contribution in [-0.2, 0) is 14.4 Å². The van der Waals surface area contributed by atoms with Crippen LogP contribution in [0.3, 0.4) is 0 Å². The van der Waals surface area contributed by atoms with Crippen molar-refractivity contribution in [3.8, 4) is 5.75 Å². The lowest BCUT2D eigenvalue weighted by Gasteiger charge is -2.11. The van der Waals surface area contributed by atoms with Crippen LogP contribution in [0, 0.1) is 0 Å². The Morgan fingerprint density at radius 3 is 2.12 bits per heavy atom. The van der Waals surface area contributed by atoms with Crippen LogP contribution in [0.1, 0.15) is 21.5 Å². The number of amides is 3. The number of nitrogens with zero attached hydrogens (tertiary/aromatic N) is 1. The van der Waals surface area contributed by atoms with Crippen molar-refractivity contribution in [3.63, 3.8) is 0 Å². The number of hydrogen-bond acceptors (Lipinski definition) is 6. The molecule has 9 nitrogen and oxygen atoms in total. The first-order valence-electron chi connectivity index (χ1n) is 12.2. The molecular formula is C31H23BrN4O5. The zero-order chi connectivity index (χ0) is 29.0. The van der Waals surface area contributed by atoms with E-state index in [9.17, 15) is 19.2 Å². The van der Waals surface area contributed by atoms with E-state index in [0.717, 1.165) is 10.0 Å². The number of esters is 1. The summed E-state index contributed by atoms with van der Waals surface area (Å²) in [4.78, 5) is 49.5. The van der Waals surface area contributed by atoms with Crippen molar-refractivity contribution in [1.82, 2.24) is 5.43 Å². The molecule has 0 aliphatic rings. The first kappa shape index (κ1) is 28.7. The summed E-state index contributed by atoms with van der Waals surface area (Å²) in [6, 6.07) is 29.1. The van der Waals surface area contributed by atoms with Gasteiger partial charge < -0.3 is 15.4 Å². The summed E-state index contributed by atoms with van der Waals surface area (Å²) in [5.74, 6) is -2.68. The highest BCUT2D eigenvalue weighted by Gasteiger charge is 2.17. The molecule has 0 aliphatic heterocycles. The van der Waals surface area contributed by atoms with Gasteiger partial charge in [-0.1, -0.05) is 58.4 Å². The Kier molecular flexibility index (Phi) is 9.89. The average Bonchev–Trinajstić information content (AvgIpc) is 2.99. The van der Waals surface area contributed by atoms with Gasteiger partial charge in [-0.3, -0.25) is 14.4 Å². The van der Waals surface area contributed by atoms with Crippen LogP contribution >= 0.6 is 15.9 Å². The summed E-state index contributed by atoms with van der Waals surface area (Å²) in [5, 5.41) is 8.97. The smallest absolute Gasteiger partial charge is 0.336 e. The molecule has 3 N–H and O–H groups in total. The van der Waals surface area contributed by atoms with Gasteiger partial charge in [-0.2, -0.15) is 5.10 Å². The van der Waals surface area contributed by atoms with Crippen LogP contribution < -0.4 is 20.8 Å². The highest BCUT2D eigenvalue weighted by molar-refractivity contribution is 9.10. The Morgan fingerprint density at radius 1 is 0.707 bits per heavy atom. The maximum absolute atomic E-state index is 12.7. The summed E-state index contributed by atoms with van der Waals surface area (Å²) in [7, 11) is 0. The molecule has 0 bridgehead atoms. The lowest BCUT2D eigenvalue weighted by atomic mass is 10.1. The van der Waals surface area contributed by atoms with Crippen molar-refractivity contribution >= 4 is 63.3 Å². The van der Waals surface area contributed by atoms with Crippen molar-refractivity contribution in [1.29, 1.82) is 0 Å². The minimum Gasteiger partial charge on any atom is -0.423 e. The molecule has 0 heterocycles. The molecule has 204 valence electrons. The second-order valence-electron chi connectivity index (χ2n) is 8.39. The number of hydrazone groups is 1. The van der Waals surface area contributed by atoms with E-state index in [4.69, 9.17) is 4.74 Å². The maximum atomic E-state index is 12.7. The molecule has 4 rings (SSSR count). The van der Waals surface area contributed by atoms with E-state index in [1.165, 1.54) is 24.4 Å². The molecule has 0 aliphatic carbocycles. The molecule has 4 aromatic rings. The Labute approximate surface area is 244 Å². The van der Waals surface area contributed by atoms with Crippen molar-refractivity contribution in [2.45, 2.75) is 0 Å². The topological polar surface area (TPSA) is 126 Å². The summed E-state index contributed by atoms with van der Waals surface area (Å²) < 4.78 is 6.13. The third-order valence-electron chi connectivity index (χ3n) is 5.42. The van der Waals surface area contributed by atoms with Gasteiger partial charge in [0.1, 0.15) is 5.75 Å². The van der Waals surface area contributed by atoms with Crippen molar-refractivity contribution in [3.05, 3.63) is 130 Å². The molecule has 0 radical (unpaired) electrons. The summed E-state index contributed by atoms with van der Waals surface area (Å²) >= 11 is 3.34. The molecule has 10 heteroatoms. The fourth-order valence-electron chi connectivity index (χ4n) is 3.42. The summed E-state index contributed by atoms with van der Waals surface area (Å²) in [6.07, 6.45) is 4.31. The molecule has 41 heavy (non-hydrogen) atoms. The normalized spacial score (nSPS) is 10.8. The van der Waals surface area contributed by atoms with Crippen LogP contribution in [0.4, 0.5) is 11.4 Å². The monoisotopic (exact) mass is 610 g/mol. The lowest BCUT2D eigenvalue weighted by molar-refractivity contribution is -0.136. The third kappa shape index (κ3) is 8.84. The molecule has 0 aromatic heterocycles. The van der Waals surface area contributed by atoms with Crippen LogP contribution in [0.15, 0.2) is 119 Å². The number of nitrogens with one attached hydrogen (secondary N) is 3. The third-order valence-corrected chi connectivity index (χ3v) is 5.95. The highest BCUT2D eigenvalue weighted by Crippen LogP contribution is 2.19. The second-order valence-corrected chi connectivity index (χ2v) is 9.31. The van der Waals surface area contributed by atoms with E-state index in [-0.39, 0.29) is 11.3 Å². The Balaban J connectivity index is 1.28. The molecule has 0 spiro atoms. The molecule has 0 saturated heterocycles. The minimum atomic E-state index is -1.03. The van der Waals surface area contributed by atoms with E-state index < -0.39 is 23.7 Å². The quantitative estimate of drug-likeness (QED) is 0.0614. The van der Waals surface area contributed by atoms with E-state index >= 15 is 0 Å². The molecular weight excluding hydrogens is 588 g/mol. The van der Waals surface area contributed by atoms with E-state index in [0.29, 0.717) is 17.0 Å². The Hall–Kier alpha value is -5.35. The SMILES string of the molecule is O=C(/C=C/c1ccccc1)Oc1ccc(/C=N/NC(=O)C(=O)Nc2ccccc2C(=O)Nc2ccc(Br)cc2)cc1. The lowest BCUT2D eigenvalue weighted by Crippen LogP contribution is -2.33. The number of carbonyl (C=O) groups is 4. The van der Waals surface area contributed by atoms with Gasteiger partial charge in [-0.25, -0.2) is 10.2 Å². The number of halogens is 1. The van der Waals surface area contributed by atoms with Gasteiger partial charge >= 0.3 is 17.8 Å². The van der Waals surface area contributed by atoms with Gasteiger partial charge in [-0.15, -0.1) is 0 Å². The predicted octanol–water partition coefficient (Wildman–Crippen LogP) is 5.41. The predicted molar refractivity (Wildman–Crippen MR) is 160 cm³/mol. The average molecular weight is 611 g/mol. The number of rotatable bonds is 8. The Morgan fingerprint density at radius 2 is 1.39 bits per heavy atom. The van der Waals surface area contributed by atoms with Crippen LogP contribution in [-0.4, -0.2) is 29.9 Å². The number of hydrogen-bond donors (Lipinski definition) is 3. The van der Waals surface area contributed by atoms with E-state index in [1.807, 2.05) is 30.3 Å². The van der Waals surface area contributed by atoms with Gasteiger partial charge in [0, 0.05) is 16.2 Å². The molecule has 3 amide bonds. The molecule has 0 unspecified atom stereocenters. The first-order chi connectivity index (χ1) is 19.9. The number of carbonyl (C=O) groups excluding carboxylic acids is 4. The van der Waals surface area contributed by atoms with Crippen LogP contribution in [0.5, 0.6) is 5.75 Å². The first-order valence-corrected chi connectivity index (χ1v) is 13.0. The van der Waals surface area contributed by atoms with Crippen molar-refractivity contribution in [2.24, 2.45) is 5.10 Å².